The van der Waals surface area contributed by atoms with Gasteiger partial charge in [0.15, 0.2) is 0 Å². The molecule has 3 nitrogen and oxygen atoms in total. The maximum Gasteiger partial charge on any atom is 0.0826 e. The van der Waals surface area contributed by atoms with E-state index in [0.717, 1.165) is 31.6 Å². The van der Waals surface area contributed by atoms with Gasteiger partial charge in [0.25, 0.3) is 0 Å². The average Bonchev–Trinajstić information content (AvgIpc) is 2.47. The molecule has 1 atom stereocenters. The van der Waals surface area contributed by atoms with Gasteiger partial charge in [0.05, 0.1) is 17.7 Å². The van der Waals surface area contributed by atoms with Crippen molar-refractivity contribution in [3.63, 3.8) is 0 Å². The van der Waals surface area contributed by atoms with Crippen molar-refractivity contribution >= 4 is 16.6 Å². The van der Waals surface area contributed by atoms with E-state index in [9.17, 15) is 0 Å². The minimum absolute atomic E-state index is 0.0440. The maximum absolute atomic E-state index is 5.94. The zero-order chi connectivity index (χ0) is 14.2. The highest BCUT2D eigenvalue weighted by Crippen LogP contribution is 2.31. The highest BCUT2D eigenvalue weighted by atomic mass is 16.5. The molecular formula is C17H22N2O. The summed E-state index contributed by atoms with van der Waals surface area (Å²) in [6.07, 6.45) is 2.95. The molecule has 0 radical (unpaired) electrons. The minimum atomic E-state index is -0.0440. The number of aromatic nitrogens is 1. The number of hydrogen-bond acceptors (Lipinski definition) is 3. The Bertz CT molecular complexity index is 625. The summed E-state index contributed by atoms with van der Waals surface area (Å²) in [5.41, 5.74) is 3.57. The fourth-order valence-electron chi connectivity index (χ4n) is 2.94. The van der Waals surface area contributed by atoms with Crippen LogP contribution in [0.2, 0.25) is 0 Å². The van der Waals surface area contributed by atoms with Crippen LogP contribution >= 0.6 is 0 Å². The molecule has 106 valence electrons. The van der Waals surface area contributed by atoms with Crippen molar-refractivity contribution in [1.29, 1.82) is 0 Å². The number of hydrogen-bond donors (Lipinski definition) is 0. The molecule has 3 rings (SSSR count). The first kappa shape index (κ1) is 13.4. The Morgan fingerprint density at radius 2 is 2.20 bits per heavy atom. The third-order valence-electron chi connectivity index (χ3n) is 4.38. The zero-order valence-electron chi connectivity index (χ0n) is 12.5. The lowest BCUT2D eigenvalue weighted by Gasteiger charge is -2.41. The van der Waals surface area contributed by atoms with Crippen LogP contribution in [0.15, 0.2) is 30.5 Å². The second kappa shape index (κ2) is 5.06. The SMILES string of the molecule is CCC1(C)CN(c2ccnc3c(C)cccc23)CCO1. The van der Waals surface area contributed by atoms with Crippen molar-refractivity contribution in [3.05, 3.63) is 36.0 Å². The third-order valence-corrected chi connectivity index (χ3v) is 4.38. The fourth-order valence-corrected chi connectivity index (χ4v) is 2.94. The van der Waals surface area contributed by atoms with Crippen LogP contribution in [0.1, 0.15) is 25.8 Å². The van der Waals surface area contributed by atoms with Gasteiger partial charge >= 0.3 is 0 Å². The van der Waals surface area contributed by atoms with E-state index in [1.807, 2.05) is 6.20 Å². The van der Waals surface area contributed by atoms with Gasteiger partial charge < -0.3 is 9.64 Å². The highest BCUT2D eigenvalue weighted by molar-refractivity contribution is 5.93. The van der Waals surface area contributed by atoms with E-state index in [4.69, 9.17) is 4.74 Å². The first-order valence-corrected chi connectivity index (χ1v) is 7.36. The highest BCUT2D eigenvalue weighted by Gasteiger charge is 2.30. The summed E-state index contributed by atoms with van der Waals surface area (Å²) in [5.74, 6) is 0. The predicted molar refractivity (Wildman–Crippen MR) is 83.3 cm³/mol. The molecule has 1 fully saturated rings. The van der Waals surface area contributed by atoms with Crippen molar-refractivity contribution in [3.8, 4) is 0 Å². The van der Waals surface area contributed by atoms with Gasteiger partial charge in [0, 0.05) is 30.4 Å². The van der Waals surface area contributed by atoms with Crippen LogP contribution < -0.4 is 4.90 Å². The van der Waals surface area contributed by atoms with Crippen LogP contribution in [0.5, 0.6) is 0 Å². The van der Waals surface area contributed by atoms with Gasteiger partial charge in [-0.1, -0.05) is 25.1 Å². The minimum Gasteiger partial charge on any atom is -0.372 e. The molecule has 20 heavy (non-hydrogen) atoms. The molecular weight excluding hydrogens is 248 g/mol. The second-order valence-electron chi connectivity index (χ2n) is 5.87. The number of pyridine rings is 1. The van der Waals surface area contributed by atoms with Gasteiger partial charge in [-0.05, 0) is 31.9 Å². The number of fused-ring (bicyclic) bond motifs is 1. The topological polar surface area (TPSA) is 25.4 Å². The van der Waals surface area contributed by atoms with E-state index < -0.39 is 0 Å². The Kier molecular flexibility index (Phi) is 3.38. The van der Waals surface area contributed by atoms with E-state index in [0.29, 0.717) is 0 Å². The third kappa shape index (κ3) is 2.27. The summed E-state index contributed by atoms with van der Waals surface area (Å²) in [4.78, 5) is 6.98. The van der Waals surface area contributed by atoms with Gasteiger partial charge in [-0.25, -0.2) is 0 Å². The summed E-state index contributed by atoms with van der Waals surface area (Å²) < 4.78 is 5.94. The van der Waals surface area contributed by atoms with E-state index in [1.54, 1.807) is 0 Å². The van der Waals surface area contributed by atoms with Crippen molar-refractivity contribution in [2.75, 3.05) is 24.6 Å². The zero-order valence-corrected chi connectivity index (χ0v) is 12.5. The quantitative estimate of drug-likeness (QED) is 0.834. The van der Waals surface area contributed by atoms with Crippen molar-refractivity contribution in [1.82, 2.24) is 4.98 Å². The van der Waals surface area contributed by atoms with Gasteiger partial charge in [0.1, 0.15) is 0 Å². The van der Waals surface area contributed by atoms with Gasteiger partial charge in [-0.15, -0.1) is 0 Å². The Labute approximate surface area is 120 Å². The summed E-state index contributed by atoms with van der Waals surface area (Å²) >= 11 is 0. The van der Waals surface area contributed by atoms with Crippen LogP contribution in [-0.2, 0) is 4.74 Å². The first-order valence-electron chi connectivity index (χ1n) is 7.36. The van der Waals surface area contributed by atoms with Crippen molar-refractivity contribution in [2.45, 2.75) is 32.8 Å². The Morgan fingerprint density at radius 1 is 1.35 bits per heavy atom. The Morgan fingerprint density at radius 3 is 3.00 bits per heavy atom. The molecule has 1 aromatic heterocycles. The number of ether oxygens (including phenoxy) is 1. The number of anilines is 1. The van der Waals surface area contributed by atoms with Crippen molar-refractivity contribution in [2.24, 2.45) is 0 Å². The normalized spacial score (nSPS) is 23.2. The standard InChI is InChI=1S/C17H22N2O/c1-4-17(3)12-19(10-11-20-17)15-8-9-18-16-13(2)6-5-7-14(15)16/h5-9H,4,10-12H2,1-3H3. The molecule has 0 N–H and O–H groups in total. The molecule has 0 saturated carbocycles. The number of morpholine rings is 1. The predicted octanol–water partition coefficient (Wildman–Crippen LogP) is 3.55. The number of benzene rings is 1. The monoisotopic (exact) mass is 270 g/mol. The largest absolute Gasteiger partial charge is 0.372 e. The van der Waals surface area contributed by atoms with E-state index in [1.165, 1.54) is 16.6 Å². The van der Waals surface area contributed by atoms with Gasteiger partial charge in [-0.2, -0.15) is 0 Å². The first-order chi connectivity index (χ1) is 9.63. The maximum atomic E-state index is 5.94. The molecule has 2 aromatic rings. The number of aryl methyl sites for hydroxylation is 1. The Hall–Kier alpha value is -1.61. The average molecular weight is 270 g/mol. The molecule has 1 aliphatic heterocycles. The number of nitrogens with zero attached hydrogens (tertiary/aromatic N) is 2. The van der Waals surface area contributed by atoms with E-state index in [-0.39, 0.29) is 5.60 Å². The van der Waals surface area contributed by atoms with Gasteiger partial charge in [-0.3, -0.25) is 4.98 Å². The van der Waals surface area contributed by atoms with Crippen LogP contribution in [0.4, 0.5) is 5.69 Å². The smallest absolute Gasteiger partial charge is 0.0826 e. The lowest BCUT2D eigenvalue weighted by Crippen LogP contribution is -2.49. The molecule has 3 heteroatoms. The van der Waals surface area contributed by atoms with Crippen LogP contribution in [0.25, 0.3) is 10.9 Å². The summed E-state index contributed by atoms with van der Waals surface area (Å²) in [6, 6.07) is 8.53. The molecule has 1 aliphatic rings. The Balaban J connectivity index is 2.04. The lowest BCUT2D eigenvalue weighted by atomic mass is 10.00. The van der Waals surface area contributed by atoms with Crippen LogP contribution in [-0.4, -0.2) is 30.3 Å². The van der Waals surface area contributed by atoms with Crippen LogP contribution in [0.3, 0.4) is 0 Å². The second-order valence-corrected chi connectivity index (χ2v) is 5.87. The van der Waals surface area contributed by atoms with Gasteiger partial charge in [0.2, 0.25) is 0 Å². The summed E-state index contributed by atoms with van der Waals surface area (Å²) in [6.45, 7) is 9.19. The fraction of sp³-hybridized carbons (Fsp3) is 0.471. The molecule has 2 heterocycles. The molecule has 0 bridgehead atoms. The van der Waals surface area contributed by atoms with Crippen molar-refractivity contribution < 1.29 is 4.74 Å². The summed E-state index contributed by atoms with van der Waals surface area (Å²) in [7, 11) is 0. The number of para-hydroxylation sites is 1. The van der Waals surface area contributed by atoms with E-state index in [2.05, 4.69) is 54.9 Å². The lowest BCUT2D eigenvalue weighted by molar-refractivity contribution is -0.0440. The van der Waals surface area contributed by atoms with E-state index >= 15 is 0 Å². The molecule has 0 amide bonds. The molecule has 0 aliphatic carbocycles. The molecule has 1 saturated heterocycles. The van der Waals surface area contributed by atoms with Crippen LogP contribution in [0, 0.1) is 6.92 Å². The summed E-state index contributed by atoms with van der Waals surface area (Å²) in [5, 5.41) is 1.24. The molecule has 1 aromatic carbocycles. The molecule has 1 unspecified atom stereocenters. The molecule has 0 spiro atoms. The number of rotatable bonds is 2.